The number of rotatable bonds is 12. The molecule has 8 bridgehead atoms. The van der Waals surface area contributed by atoms with Crippen LogP contribution in [0.25, 0.3) is 90.9 Å². The van der Waals surface area contributed by atoms with Crippen LogP contribution in [0.15, 0.2) is 122 Å². The Morgan fingerprint density at radius 3 is 0.750 bits per heavy atom. The molecule has 9 heterocycles. The zero-order valence-electron chi connectivity index (χ0n) is 35.2. The Balaban J connectivity index is 1.40. The fourth-order valence-electron chi connectivity index (χ4n) is 8.55. The first-order valence-corrected chi connectivity index (χ1v) is 21.7. The summed E-state index contributed by atoms with van der Waals surface area (Å²) in [7, 11) is 0. The number of aromatic nitrogens is 8. The molecule has 0 fully saturated rings. The molecule has 8 nitrogen and oxygen atoms in total. The number of H-pyrrole nitrogens is 2. The second kappa shape index (κ2) is 17.2. The largest absolute Gasteiger partial charge is 0.354 e. The minimum atomic E-state index is 0.910. The van der Waals surface area contributed by atoms with E-state index in [-0.39, 0.29) is 0 Å². The van der Waals surface area contributed by atoms with Crippen molar-refractivity contribution in [3.05, 3.63) is 145 Å². The number of hydrogen-bond donors (Lipinski definition) is 2. The average molecular weight is 791 g/mol. The molecule has 0 saturated carbocycles. The number of aromatic amines is 2. The van der Waals surface area contributed by atoms with Crippen LogP contribution in [0.5, 0.6) is 0 Å². The van der Waals surface area contributed by atoms with Crippen LogP contribution in [0.4, 0.5) is 0 Å². The Morgan fingerprint density at radius 2 is 0.550 bits per heavy atom. The molecule has 0 saturated heterocycles. The number of nitrogens with one attached hydrogen (secondary N) is 2. The number of aryl methyl sites for hydroxylation is 4. The molecule has 298 valence electrons. The third kappa shape index (κ3) is 7.73. The van der Waals surface area contributed by atoms with Gasteiger partial charge in [-0.25, -0.2) is 28.2 Å². The van der Waals surface area contributed by atoms with E-state index in [4.69, 9.17) is 9.97 Å². The molecule has 2 aliphatic heterocycles. The fourth-order valence-corrected chi connectivity index (χ4v) is 8.55. The topological polar surface area (TPSA) is 72.9 Å². The van der Waals surface area contributed by atoms with Crippen LogP contribution in [-0.2, 0) is 26.2 Å². The van der Waals surface area contributed by atoms with Crippen LogP contribution < -0.4 is 18.3 Å². The summed E-state index contributed by atoms with van der Waals surface area (Å²) < 4.78 is 8.97. The highest BCUT2D eigenvalue weighted by Gasteiger charge is 2.20. The van der Waals surface area contributed by atoms with Crippen LogP contribution in [-0.4, -0.2) is 19.9 Å². The predicted molar refractivity (Wildman–Crippen MR) is 243 cm³/mol. The Bertz CT molecular complexity index is 2490. The third-order valence-corrected chi connectivity index (χ3v) is 11.4. The van der Waals surface area contributed by atoms with Crippen molar-refractivity contribution in [2.45, 2.75) is 79.6 Å². The Labute approximate surface area is 352 Å². The maximum absolute atomic E-state index is 5.50. The van der Waals surface area contributed by atoms with E-state index in [1.165, 1.54) is 0 Å². The van der Waals surface area contributed by atoms with Gasteiger partial charge in [-0.2, -0.15) is 0 Å². The van der Waals surface area contributed by atoms with Gasteiger partial charge in [0.05, 0.1) is 22.8 Å². The summed E-state index contributed by atoms with van der Waals surface area (Å²) in [6, 6.07) is 26.5. The molecule has 0 radical (unpaired) electrons. The lowest BCUT2D eigenvalue weighted by Gasteiger charge is -2.06. The molecule has 2 N–H and O–H groups in total. The van der Waals surface area contributed by atoms with E-state index in [1.54, 1.807) is 0 Å². The van der Waals surface area contributed by atoms with E-state index < -0.39 is 0 Å². The van der Waals surface area contributed by atoms with E-state index in [2.05, 4.69) is 203 Å². The molecule has 0 amide bonds. The van der Waals surface area contributed by atoms with Gasteiger partial charge in [0.25, 0.3) is 0 Å². The standard InChI is InChI=1S/C52H53N8/c1-5-25-57-29-17-37(18-30-57)49-41-9-11-43(53-41)50(38-19-31-58(26-6-2)32-20-38)45-13-15-47(55-45)52(40-23-35-60(28-8-4)36-24-40)48-16-14-46(56-48)51(44-12-10-42(49)54-44)39-21-33-59(27-7-3)34-22-39/h9-24,29-36H,5-8,25-28H2,1-4H3,(H,53,54,55,56)/q+3/p+1. The number of nitrogens with zero attached hydrogens (tertiary/aromatic N) is 6. The van der Waals surface area contributed by atoms with Crippen molar-refractivity contribution in [3.8, 4) is 44.5 Å². The van der Waals surface area contributed by atoms with Gasteiger partial charge in [0.15, 0.2) is 49.6 Å². The zero-order valence-corrected chi connectivity index (χ0v) is 35.2. The van der Waals surface area contributed by atoms with Crippen LogP contribution >= 0.6 is 0 Å². The highest BCUT2D eigenvalue weighted by Crippen LogP contribution is 2.38. The highest BCUT2D eigenvalue weighted by molar-refractivity contribution is 5.99. The first kappa shape index (κ1) is 38.7. The molecule has 7 aromatic rings. The molecule has 7 aromatic heterocycles. The molecule has 0 aliphatic carbocycles. The van der Waals surface area contributed by atoms with Gasteiger partial charge >= 0.3 is 0 Å². The fraction of sp³-hybridized carbons (Fsp3) is 0.231. The van der Waals surface area contributed by atoms with Gasteiger partial charge in [0.2, 0.25) is 0 Å². The second-order valence-electron chi connectivity index (χ2n) is 15.8. The molecular formula is C52H54N8+4. The monoisotopic (exact) mass is 790 g/mol. The summed E-state index contributed by atoms with van der Waals surface area (Å²) >= 11 is 0. The first-order valence-electron chi connectivity index (χ1n) is 21.7. The lowest BCUT2D eigenvalue weighted by atomic mass is 10.0. The summed E-state index contributed by atoms with van der Waals surface area (Å²) in [6.45, 7) is 12.7. The van der Waals surface area contributed by atoms with Crippen molar-refractivity contribution in [1.29, 1.82) is 0 Å². The maximum Gasteiger partial charge on any atom is 0.169 e. The molecular weight excluding hydrogens is 737 g/mol. The summed E-state index contributed by atoms with van der Waals surface area (Å²) in [4.78, 5) is 18.8. The number of fused-ring (bicyclic) bond motifs is 8. The lowest BCUT2D eigenvalue weighted by Crippen LogP contribution is -2.31. The molecule has 2 aliphatic rings. The van der Waals surface area contributed by atoms with Crippen LogP contribution in [0.2, 0.25) is 0 Å². The van der Waals surface area contributed by atoms with Crippen molar-refractivity contribution in [2.75, 3.05) is 0 Å². The van der Waals surface area contributed by atoms with Crippen LogP contribution in [0, 0.1) is 0 Å². The number of pyridine rings is 4. The van der Waals surface area contributed by atoms with Crippen molar-refractivity contribution in [1.82, 2.24) is 19.9 Å². The van der Waals surface area contributed by atoms with E-state index in [9.17, 15) is 0 Å². The molecule has 0 atom stereocenters. The number of hydrogen-bond acceptors (Lipinski definition) is 2. The molecule has 8 heteroatoms. The van der Waals surface area contributed by atoms with Crippen molar-refractivity contribution in [2.24, 2.45) is 0 Å². The van der Waals surface area contributed by atoms with Gasteiger partial charge in [-0.15, -0.1) is 0 Å². The van der Waals surface area contributed by atoms with Crippen LogP contribution in [0.3, 0.4) is 0 Å². The average Bonchev–Trinajstić information content (AvgIpc) is 4.12. The summed E-state index contributed by atoms with van der Waals surface area (Å²) in [5.74, 6) is 0. The Morgan fingerprint density at radius 1 is 0.333 bits per heavy atom. The molecule has 9 rings (SSSR count). The minimum absolute atomic E-state index is 0.910. The molecule has 60 heavy (non-hydrogen) atoms. The van der Waals surface area contributed by atoms with Gasteiger partial charge in [-0.1, -0.05) is 27.7 Å². The van der Waals surface area contributed by atoms with E-state index in [0.29, 0.717) is 0 Å². The Hall–Kier alpha value is -6.80. The second-order valence-corrected chi connectivity index (χ2v) is 15.8. The van der Waals surface area contributed by atoms with Crippen molar-refractivity contribution >= 4 is 46.4 Å². The first-order chi connectivity index (χ1) is 29.5. The summed E-state index contributed by atoms with van der Waals surface area (Å²) in [6.07, 6.45) is 30.4. The van der Waals surface area contributed by atoms with Gasteiger partial charge in [0, 0.05) is 119 Å². The summed E-state index contributed by atoms with van der Waals surface area (Å²) in [5, 5.41) is 0. The van der Waals surface area contributed by atoms with Crippen molar-refractivity contribution in [3.63, 3.8) is 0 Å². The normalized spacial score (nSPS) is 12.1. The van der Waals surface area contributed by atoms with Gasteiger partial charge < -0.3 is 9.97 Å². The third-order valence-electron chi connectivity index (χ3n) is 11.4. The van der Waals surface area contributed by atoms with E-state index in [1.807, 2.05) is 0 Å². The maximum atomic E-state index is 5.50. The van der Waals surface area contributed by atoms with Crippen molar-refractivity contribution < 1.29 is 18.3 Å². The van der Waals surface area contributed by atoms with E-state index in [0.717, 1.165) is 141 Å². The smallest absolute Gasteiger partial charge is 0.169 e. The molecule has 0 aromatic carbocycles. The Kier molecular flexibility index (Phi) is 11.1. The highest BCUT2D eigenvalue weighted by atomic mass is 14.9. The predicted octanol–water partition coefficient (Wildman–Crippen LogP) is 10.1. The van der Waals surface area contributed by atoms with Crippen LogP contribution in [0.1, 0.15) is 76.2 Å². The lowest BCUT2D eigenvalue weighted by molar-refractivity contribution is -0.697. The SMILES string of the molecule is CCC[n+]1ccc(-c2c3nc(c(-c4cc[n+](CCC)cc4)c4ccc([nH]4)c(-c4cc[n+](CCC)cc4)c4nc(c(-c5cc[n+](CCC)cc5)c5ccc2[nH]5)C=C4)C=C3)cc1. The van der Waals surface area contributed by atoms with Gasteiger partial charge in [0.1, 0.15) is 26.2 Å². The minimum Gasteiger partial charge on any atom is -0.354 e. The van der Waals surface area contributed by atoms with Gasteiger partial charge in [-0.3, -0.25) is 0 Å². The van der Waals surface area contributed by atoms with Gasteiger partial charge in [-0.05, 0) is 70.8 Å². The molecule has 0 unspecified atom stereocenters. The van der Waals surface area contributed by atoms with E-state index >= 15 is 0 Å². The summed E-state index contributed by atoms with van der Waals surface area (Å²) in [5.41, 5.74) is 16.2. The molecule has 0 spiro atoms. The zero-order chi connectivity index (χ0) is 41.0. The quantitative estimate of drug-likeness (QED) is 0.121.